The molecule has 0 radical (unpaired) electrons. The zero-order valence-corrected chi connectivity index (χ0v) is 16.2. The van der Waals surface area contributed by atoms with E-state index in [4.69, 9.17) is 4.98 Å². The third kappa shape index (κ3) is 4.23. The highest BCUT2D eigenvalue weighted by Gasteiger charge is 2.35. The van der Waals surface area contributed by atoms with Crippen molar-refractivity contribution in [1.82, 2.24) is 20.7 Å². The summed E-state index contributed by atoms with van der Waals surface area (Å²) in [4.78, 5) is 19.8. The average molecular weight is 382 g/mol. The van der Waals surface area contributed by atoms with E-state index in [1.54, 1.807) is 12.1 Å². The molecule has 3 heterocycles. The predicted octanol–water partition coefficient (Wildman–Crippen LogP) is 2.63. The van der Waals surface area contributed by atoms with Crippen molar-refractivity contribution >= 4 is 5.91 Å². The summed E-state index contributed by atoms with van der Waals surface area (Å²) < 4.78 is 13.4. The van der Waals surface area contributed by atoms with Gasteiger partial charge in [-0.2, -0.15) is 0 Å². The van der Waals surface area contributed by atoms with Gasteiger partial charge in [-0.25, -0.2) is 4.39 Å². The van der Waals surface area contributed by atoms with Gasteiger partial charge in [-0.1, -0.05) is 18.2 Å². The molecule has 4 rings (SSSR count). The number of carbonyl (C=O) groups excluding carboxylic acids is 1. The number of pyridine rings is 1. The molecular formula is C22H27FN4O. The molecule has 148 valence electrons. The van der Waals surface area contributed by atoms with Crippen molar-refractivity contribution in [2.75, 3.05) is 19.6 Å². The normalized spacial score (nSPS) is 25.1. The second-order valence-corrected chi connectivity index (χ2v) is 7.90. The van der Waals surface area contributed by atoms with Crippen LogP contribution in [0, 0.1) is 11.7 Å². The number of carbonyl (C=O) groups is 1. The van der Waals surface area contributed by atoms with Gasteiger partial charge in [-0.15, -0.1) is 0 Å². The maximum atomic E-state index is 13.4. The molecule has 5 nitrogen and oxygen atoms in total. The van der Waals surface area contributed by atoms with Gasteiger partial charge in [0.1, 0.15) is 5.82 Å². The van der Waals surface area contributed by atoms with Gasteiger partial charge in [-0.3, -0.25) is 20.6 Å². The zero-order chi connectivity index (χ0) is 19.5. The maximum absolute atomic E-state index is 13.4. The van der Waals surface area contributed by atoms with E-state index in [1.165, 1.54) is 6.07 Å². The molecule has 0 bridgehead atoms. The van der Waals surface area contributed by atoms with Crippen LogP contribution >= 0.6 is 0 Å². The van der Waals surface area contributed by atoms with Gasteiger partial charge in [0.15, 0.2) is 0 Å². The van der Waals surface area contributed by atoms with Crippen LogP contribution < -0.4 is 10.9 Å². The Kier molecular flexibility index (Phi) is 5.69. The summed E-state index contributed by atoms with van der Waals surface area (Å²) in [7, 11) is 0. The van der Waals surface area contributed by atoms with Crippen LogP contribution in [0.3, 0.4) is 0 Å². The number of piperidine rings is 1. The molecule has 2 aliphatic heterocycles. The van der Waals surface area contributed by atoms with Crippen LogP contribution in [0.15, 0.2) is 42.5 Å². The minimum absolute atomic E-state index is 0.00831. The van der Waals surface area contributed by atoms with Crippen LogP contribution in [0.4, 0.5) is 4.39 Å². The molecule has 0 saturated carbocycles. The van der Waals surface area contributed by atoms with E-state index in [0.29, 0.717) is 13.0 Å². The van der Waals surface area contributed by atoms with E-state index in [1.807, 2.05) is 30.0 Å². The quantitative estimate of drug-likeness (QED) is 0.854. The fourth-order valence-corrected chi connectivity index (χ4v) is 4.24. The van der Waals surface area contributed by atoms with Crippen molar-refractivity contribution in [2.45, 2.75) is 38.1 Å². The summed E-state index contributed by atoms with van der Waals surface area (Å²) >= 11 is 0. The molecule has 2 N–H and O–H groups in total. The summed E-state index contributed by atoms with van der Waals surface area (Å²) in [6, 6.07) is 12.9. The van der Waals surface area contributed by atoms with Gasteiger partial charge in [0.2, 0.25) is 5.91 Å². The molecule has 2 fully saturated rings. The molecule has 2 saturated heterocycles. The van der Waals surface area contributed by atoms with E-state index in [2.05, 4.69) is 16.9 Å². The lowest BCUT2D eigenvalue weighted by Crippen LogP contribution is -2.45. The second kappa shape index (κ2) is 8.37. The summed E-state index contributed by atoms with van der Waals surface area (Å²) in [5.74, 6) is 0.250. The Hall–Kier alpha value is -2.31. The molecule has 3 atom stereocenters. The van der Waals surface area contributed by atoms with Gasteiger partial charge in [0.25, 0.3) is 0 Å². The topological polar surface area (TPSA) is 57.3 Å². The number of amides is 1. The largest absolute Gasteiger partial charge is 0.342 e. The Morgan fingerprint density at radius 2 is 2.14 bits per heavy atom. The first-order chi connectivity index (χ1) is 13.6. The number of aromatic nitrogens is 1. The molecule has 0 aliphatic carbocycles. The predicted molar refractivity (Wildman–Crippen MR) is 106 cm³/mol. The summed E-state index contributed by atoms with van der Waals surface area (Å²) in [6.45, 7) is 4.27. The summed E-state index contributed by atoms with van der Waals surface area (Å²) in [5.41, 5.74) is 9.09. The maximum Gasteiger partial charge on any atom is 0.228 e. The van der Waals surface area contributed by atoms with Gasteiger partial charge < -0.3 is 4.90 Å². The van der Waals surface area contributed by atoms with Crippen molar-refractivity contribution in [2.24, 2.45) is 5.92 Å². The molecule has 1 amide bonds. The molecule has 1 aromatic carbocycles. The number of rotatable bonds is 4. The van der Waals surface area contributed by atoms with Crippen molar-refractivity contribution in [3.05, 3.63) is 65.2 Å². The standard InChI is InChI=1S/C22H27FN4O/c1-15-20(13-24-26-15)22(28)27-10-4-6-17(14-27)21-9-3-8-19(25-21)12-16-5-2-7-18(23)11-16/h2-3,5,7-9,11,15,17,20,24,26H,4,6,10,12-14H2,1H3. The van der Waals surface area contributed by atoms with E-state index in [0.717, 1.165) is 42.9 Å². The SMILES string of the molecule is CC1NNCC1C(=O)N1CCCC(c2cccc(Cc3cccc(F)c3)n2)C1. The monoisotopic (exact) mass is 382 g/mol. The first-order valence-electron chi connectivity index (χ1n) is 10.1. The number of halogens is 1. The van der Waals surface area contributed by atoms with Crippen molar-refractivity contribution < 1.29 is 9.18 Å². The molecule has 3 unspecified atom stereocenters. The molecule has 2 aliphatic rings. The Morgan fingerprint density at radius 3 is 2.93 bits per heavy atom. The first-order valence-corrected chi connectivity index (χ1v) is 10.1. The lowest BCUT2D eigenvalue weighted by atomic mass is 9.92. The van der Waals surface area contributed by atoms with Crippen molar-refractivity contribution in [3.8, 4) is 0 Å². The number of hydrogen-bond donors (Lipinski definition) is 2. The minimum atomic E-state index is -0.222. The van der Waals surface area contributed by atoms with E-state index < -0.39 is 0 Å². The molecular weight excluding hydrogens is 355 g/mol. The van der Waals surface area contributed by atoms with Gasteiger partial charge in [0, 0.05) is 49.4 Å². The Labute approximate surface area is 165 Å². The van der Waals surface area contributed by atoms with Crippen LogP contribution in [0.25, 0.3) is 0 Å². The highest BCUT2D eigenvalue weighted by molar-refractivity contribution is 5.80. The zero-order valence-electron chi connectivity index (χ0n) is 16.2. The summed E-state index contributed by atoms with van der Waals surface area (Å²) in [5, 5.41) is 0. The van der Waals surface area contributed by atoms with Gasteiger partial charge in [-0.05, 0) is 49.6 Å². The third-order valence-corrected chi connectivity index (χ3v) is 5.83. The number of nitrogens with zero attached hydrogens (tertiary/aromatic N) is 2. The van der Waals surface area contributed by atoms with Gasteiger partial charge in [0.05, 0.1) is 5.92 Å². The lowest BCUT2D eigenvalue weighted by molar-refractivity contribution is -0.136. The fourth-order valence-electron chi connectivity index (χ4n) is 4.24. The first kappa shape index (κ1) is 19.0. The van der Waals surface area contributed by atoms with Crippen LogP contribution in [0.5, 0.6) is 0 Å². The molecule has 28 heavy (non-hydrogen) atoms. The Balaban J connectivity index is 1.45. The Morgan fingerprint density at radius 1 is 1.29 bits per heavy atom. The fraction of sp³-hybridized carbons (Fsp3) is 0.455. The number of hydrazine groups is 1. The number of hydrogen-bond acceptors (Lipinski definition) is 4. The second-order valence-electron chi connectivity index (χ2n) is 7.90. The van der Waals surface area contributed by atoms with Crippen LogP contribution in [0.1, 0.15) is 42.6 Å². The van der Waals surface area contributed by atoms with E-state index in [-0.39, 0.29) is 29.6 Å². The van der Waals surface area contributed by atoms with E-state index >= 15 is 0 Å². The average Bonchev–Trinajstić information content (AvgIpc) is 3.14. The molecule has 0 spiro atoms. The molecule has 1 aromatic heterocycles. The number of nitrogens with one attached hydrogen (secondary N) is 2. The summed E-state index contributed by atoms with van der Waals surface area (Å²) in [6.07, 6.45) is 2.64. The lowest BCUT2D eigenvalue weighted by Gasteiger charge is -2.34. The highest BCUT2D eigenvalue weighted by atomic mass is 19.1. The third-order valence-electron chi connectivity index (χ3n) is 5.83. The van der Waals surface area contributed by atoms with Crippen molar-refractivity contribution in [1.29, 1.82) is 0 Å². The van der Waals surface area contributed by atoms with Crippen LogP contribution in [-0.2, 0) is 11.2 Å². The smallest absolute Gasteiger partial charge is 0.228 e. The van der Waals surface area contributed by atoms with Crippen molar-refractivity contribution in [3.63, 3.8) is 0 Å². The molecule has 6 heteroatoms. The number of benzene rings is 1. The number of likely N-dealkylation sites (tertiary alicyclic amines) is 1. The minimum Gasteiger partial charge on any atom is -0.342 e. The molecule has 2 aromatic rings. The van der Waals surface area contributed by atoms with E-state index in [9.17, 15) is 9.18 Å². The Bertz CT molecular complexity index is 843. The van der Waals surface area contributed by atoms with Gasteiger partial charge >= 0.3 is 0 Å². The van der Waals surface area contributed by atoms with Crippen LogP contribution in [-0.4, -0.2) is 41.5 Å². The van der Waals surface area contributed by atoms with Crippen LogP contribution in [0.2, 0.25) is 0 Å². The highest BCUT2D eigenvalue weighted by Crippen LogP contribution is 2.27.